The largest absolute Gasteiger partial charge is 0.503 e. The summed E-state index contributed by atoms with van der Waals surface area (Å²) in [5.41, 5.74) is 3.92. The minimum absolute atomic E-state index is 0.126. The molecule has 0 saturated carbocycles. The topological polar surface area (TPSA) is 60.9 Å². The fourth-order valence-corrected chi connectivity index (χ4v) is 4.30. The van der Waals surface area contributed by atoms with Crippen molar-refractivity contribution in [1.29, 1.82) is 0 Å². The lowest BCUT2D eigenvalue weighted by Gasteiger charge is -2.28. The van der Waals surface area contributed by atoms with E-state index in [1.54, 1.807) is 4.90 Å². The highest BCUT2D eigenvalue weighted by Gasteiger charge is 2.44. The maximum absolute atomic E-state index is 13.2. The first kappa shape index (κ1) is 23.6. The number of aliphatic hydroxyl groups is 1. The van der Waals surface area contributed by atoms with Crippen LogP contribution in [0.15, 0.2) is 59.9 Å². The molecule has 0 radical (unpaired) electrons. The molecule has 2 aromatic rings. The van der Waals surface area contributed by atoms with E-state index < -0.39 is 17.7 Å². The zero-order valence-electron chi connectivity index (χ0n) is 19.8. The quantitative estimate of drug-likeness (QED) is 0.557. The SMILES string of the molecule is CCc1ccc(N2C(=O)C(O)=C(C(=O)CC(C)C)C2c2ccc(N(CC)CC)cc2)cc1. The first-order chi connectivity index (χ1) is 15.3. The van der Waals surface area contributed by atoms with Gasteiger partial charge in [-0.3, -0.25) is 14.5 Å². The van der Waals surface area contributed by atoms with Gasteiger partial charge in [0.05, 0.1) is 11.6 Å². The van der Waals surface area contributed by atoms with Gasteiger partial charge in [-0.15, -0.1) is 0 Å². The summed E-state index contributed by atoms with van der Waals surface area (Å²) in [5, 5.41) is 10.8. The van der Waals surface area contributed by atoms with Crippen molar-refractivity contribution in [3.63, 3.8) is 0 Å². The summed E-state index contributed by atoms with van der Waals surface area (Å²) in [5.74, 6) is -1.02. The van der Waals surface area contributed by atoms with Gasteiger partial charge < -0.3 is 10.0 Å². The number of benzene rings is 2. The summed E-state index contributed by atoms with van der Waals surface area (Å²) < 4.78 is 0. The van der Waals surface area contributed by atoms with Crippen LogP contribution in [0.4, 0.5) is 11.4 Å². The van der Waals surface area contributed by atoms with Gasteiger partial charge in [-0.25, -0.2) is 0 Å². The van der Waals surface area contributed by atoms with Gasteiger partial charge in [0.15, 0.2) is 11.5 Å². The van der Waals surface area contributed by atoms with Gasteiger partial charge in [0.2, 0.25) is 0 Å². The molecule has 0 aromatic heterocycles. The first-order valence-electron chi connectivity index (χ1n) is 11.6. The van der Waals surface area contributed by atoms with Crippen molar-refractivity contribution in [3.05, 3.63) is 71.0 Å². The molecule has 3 rings (SSSR count). The summed E-state index contributed by atoms with van der Waals surface area (Å²) in [6.45, 7) is 12.0. The summed E-state index contributed by atoms with van der Waals surface area (Å²) in [7, 11) is 0. The number of aryl methyl sites for hydroxylation is 1. The van der Waals surface area contributed by atoms with Gasteiger partial charge in [-0.1, -0.05) is 45.0 Å². The number of hydrogen-bond acceptors (Lipinski definition) is 4. The van der Waals surface area contributed by atoms with Crippen LogP contribution in [0, 0.1) is 5.92 Å². The third-order valence-corrected chi connectivity index (χ3v) is 6.06. The van der Waals surface area contributed by atoms with E-state index in [4.69, 9.17) is 0 Å². The van der Waals surface area contributed by atoms with Crippen molar-refractivity contribution in [3.8, 4) is 0 Å². The number of rotatable bonds is 9. The molecule has 5 heteroatoms. The van der Waals surface area contributed by atoms with Gasteiger partial charge in [0.25, 0.3) is 5.91 Å². The lowest BCUT2D eigenvalue weighted by atomic mass is 9.92. The van der Waals surface area contributed by atoms with Gasteiger partial charge >= 0.3 is 0 Å². The van der Waals surface area contributed by atoms with Crippen LogP contribution in [-0.2, 0) is 16.0 Å². The molecule has 170 valence electrons. The average molecular weight is 435 g/mol. The summed E-state index contributed by atoms with van der Waals surface area (Å²) in [6.07, 6.45) is 1.18. The minimum atomic E-state index is -0.646. The summed E-state index contributed by atoms with van der Waals surface area (Å²) >= 11 is 0. The van der Waals surface area contributed by atoms with Crippen LogP contribution >= 0.6 is 0 Å². The number of ketones is 1. The molecule has 0 spiro atoms. The second-order valence-corrected chi connectivity index (χ2v) is 8.64. The van der Waals surface area contributed by atoms with Gasteiger partial charge in [0.1, 0.15) is 0 Å². The molecule has 5 nitrogen and oxygen atoms in total. The second-order valence-electron chi connectivity index (χ2n) is 8.64. The molecule has 1 aliphatic rings. The van der Waals surface area contributed by atoms with E-state index in [1.165, 1.54) is 0 Å². The van der Waals surface area contributed by atoms with E-state index in [0.717, 1.165) is 36.3 Å². The predicted octanol–water partition coefficient (Wildman–Crippen LogP) is 5.61. The molecule has 0 bridgehead atoms. The number of carbonyl (C=O) groups is 2. The fraction of sp³-hybridized carbons (Fsp3) is 0.407. The second kappa shape index (κ2) is 10.0. The Morgan fingerprint density at radius 1 is 1.00 bits per heavy atom. The Balaban J connectivity index is 2.09. The minimum Gasteiger partial charge on any atom is -0.503 e. The van der Waals surface area contributed by atoms with Crippen molar-refractivity contribution in [2.24, 2.45) is 5.92 Å². The molecule has 0 aliphatic carbocycles. The highest BCUT2D eigenvalue weighted by Crippen LogP contribution is 2.42. The van der Waals surface area contributed by atoms with Gasteiger partial charge in [-0.05, 0) is 61.6 Å². The van der Waals surface area contributed by atoms with Crippen LogP contribution in [0.3, 0.4) is 0 Å². The normalized spacial score (nSPS) is 16.2. The molecular weight excluding hydrogens is 400 g/mol. The highest BCUT2D eigenvalue weighted by molar-refractivity contribution is 6.16. The summed E-state index contributed by atoms with van der Waals surface area (Å²) in [6, 6.07) is 15.0. The Labute approximate surface area is 191 Å². The van der Waals surface area contributed by atoms with E-state index in [-0.39, 0.29) is 23.7 Å². The van der Waals surface area contributed by atoms with Crippen LogP contribution in [-0.4, -0.2) is 29.9 Å². The molecular formula is C27H34N2O3. The van der Waals surface area contributed by atoms with E-state index >= 15 is 0 Å². The lowest BCUT2D eigenvalue weighted by Crippen LogP contribution is -2.31. The summed E-state index contributed by atoms with van der Waals surface area (Å²) in [4.78, 5) is 30.1. The molecule has 1 aliphatic heterocycles. The number of nitrogens with zero attached hydrogens (tertiary/aromatic N) is 2. The highest BCUT2D eigenvalue weighted by atomic mass is 16.3. The number of carbonyl (C=O) groups excluding carboxylic acids is 2. The van der Waals surface area contributed by atoms with E-state index in [2.05, 4.69) is 25.7 Å². The molecule has 0 saturated heterocycles. The monoisotopic (exact) mass is 434 g/mol. The maximum atomic E-state index is 13.2. The molecule has 32 heavy (non-hydrogen) atoms. The van der Waals surface area contributed by atoms with Crippen LogP contribution in [0.5, 0.6) is 0 Å². The molecule has 1 N–H and O–H groups in total. The van der Waals surface area contributed by atoms with Gasteiger partial charge in [0, 0.05) is 30.9 Å². The van der Waals surface area contributed by atoms with Crippen molar-refractivity contribution >= 4 is 23.1 Å². The van der Waals surface area contributed by atoms with Crippen molar-refractivity contribution in [2.45, 2.75) is 53.5 Å². The predicted molar refractivity (Wildman–Crippen MR) is 130 cm³/mol. The standard InChI is InChI=1S/C27H34N2O3/c1-6-19-9-13-22(14-10-19)29-25(20-11-15-21(16-12-20)28(7-2)8-3)24(26(31)27(29)32)23(30)17-18(4)5/h9-16,18,25,31H,6-8,17H2,1-5H3. The van der Waals surface area contributed by atoms with Crippen molar-refractivity contribution in [2.75, 3.05) is 22.9 Å². The van der Waals surface area contributed by atoms with Crippen molar-refractivity contribution in [1.82, 2.24) is 0 Å². The van der Waals surface area contributed by atoms with E-state index in [1.807, 2.05) is 62.4 Å². The van der Waals surface area contributed by atoms with Crippen LogP contribution in [0.25, 0.3) is 0 Å². The Morgan fingerprint density at radius 3 is 2.09 bits per heavy atom. The van der Waals surface area contributed by atoms with Crippen LogP contribution < -0.4 is 9.80 Å². The van der Waals surface area contributed by atoms with Gasteiger partial charge in [-0.2, -0.15) is 0 Å². The molecule has 0 fully saturated rings. The maximum Gasteiger partial charge on any atom is 0.294 e. The Bertz CT molecular complexity index is 987. The number of aliphatic hydroxyl groups excluding tert-OH is 1. The lowest BCUT2D eigenvalue weighted by molar-refractivity contribution is -0.118. The van der Waals surface area contributed by atoms with Crippen LogP contribution in [0.2, 0.25) is 0 Å². The Hall–Kier alpha value is -3.08. The molecule has 1 unspecified atom stereocenters. The third-order valence-electron chi connectivity index (χ3n) is 6.06. The number of anilines is 2. The van der Waals surface area contributed by atoms with E-state index in [9.17, 15) is 14.7 Å². The molecule has 1 amide bonds. The Kier molecular flexibility index (Phi) is 7.39. The van der Waals surface area contributed by atoms with Crippen molar-refractivity contribution < 1.29 is 14.7 Å². The smallest absolute Gasteiger partial charge is 0.294 e. The average Bonchev–Trinajstić information content (AvgIpc) is 3.05. The zero-order valence-corrected chi connectivity index (χ0v) is 19.8. The molecule has 1 atom stereocenters. The van der Waals surface area contributed by atoms with E-state index in [0.29, 0.717) is 5.69 Å². The molecule has 1 heterocycles. The first-order valence-corrected chi connectivity index (χ1v) is 11.6. The number of Topliss-reactive ketones (excluding diaryl/α,β-unsaturated/α-hetero) is 1. The third kappa shape index (κ3) is 4.57. The Morgan fingerprint density at radius 2 is 1.59 bits per heavy atom. The fourth-order valence-electron chi connectivity index (χ4n) is 4.30. The molecule has 2 aromatic carbocycles. The number of amides is 1. The zero-order chi connectivity index (χ0) is 23.4. The van der Waals surface area contributed by atoms with Crippen LogP contribution in [0.1, 0.15) is 58.2 Å². The number of hydrogen-bond donors (Lipinski definition) is 1.